The monoisotopic (exact) mass is 360 g/mol. The lowest BCUT2D eigenvalue weighted by molar-refractivity contribution is -0.121. The molecule has 27 heavy (non-hydrogen) atoms. The second kappa shape index (κ2) is 7.35. The first-order valence-electron chi connectivity index (χ1n) is 9.50. The van der Waals surface area contributed by atoms with Crippen molar-refractivity contribution in [1.29, 1.82) is 0 Å². The fourth-order valence-electron chi connectivity index (χ4n) is 3.50. The minimum absolute atomic E-state index is 0.114. The molecule has 1 aliphatic rings. The molecule has 2 heterocycles. The number of carbonyl (C=O) groups is 1. The molecule has 4 rings (SSSR count). The average Bonchev–Trinajstić information content (AvgIpc) is 2.66. The molecule has 1 saturated heterocycles. The predicted octanol–water partition coefficient (Wildman–Crippen LogP) is 3.57. The van der Waals surface area contributed by atoms with E-state index in [1.165, 1.54) is 5.56 Å². The maximum Gasteiger partial charge on any atom is 0.219 e. The van der Waals surface area contributed by atoms with E-state index < -0.39 is 0 Å². The summed E-state index contributed by atoms with van der Waals surface area (Å²) in [5.74, 6) is 2.33. The molecule has 138 valence electrons. The van der Waals surface area contributed by atoms with Crippen molar-refractivity contribution in [3.8, 4) is 11.4 Å². The van der Waals surface area contributed by atoms with Gasteiger partial charge in [0.15, 0.2) is 5.82 Å². The van der Waals surface area contributed by atoms with Gasteiger partial charge in [-0.25, -0.2) is 9.97 Å². The first-order chi connectivity index (χ1) is 13.2. The molecular formula is C22H24N4O. The van der Waals surface area contributed by atoms with Crippen LogP contribution in [0.2, 0.25) is 0 Å². The summed E-state index contributed by atoms with van der Waals surface area (Å²) in [5, 5.41) is 4.06. The largest absolute Gasteiger partial charge is 0.356 e. The average molecular weight is 360 g/mol. The Morgan fingerprint density at radius 1 is 1.11 bits per heavy atom. The number of aryl methyl sites for hydroxylation is 1. The van der Waals surface area contributed by atoms with Crippen LogP contribution in [-0.2, 0) is 4.79 Å². The van der Waals surface area contributed by atoms with E-state index in [0.717, 1.165) is 47.7 Å². The summed E-state index contributed by atoms with van der Waals surface area (Å²) < 4.78 is 0. The molecule has 0 aliphatic carbocycles. The van der Waals surface area contributed by atoms with Crippen molar-refractivity contribution in [1.82, 2.24) is 15.3 Å². The summed E-state index contributed by atoms with van der Waals surface area (Å²) >= 11 is 0. The molecule has 1 aromatic heterocycles. The first kappa shape index (κ1) is 17.5. The minimum Gasteiger partial charge on any atom is -0.356 e. The second-order valence-corrected chi connectivity index (χ2v) is 7.13. The number of benzene rings is 2. The van der Waals surface area contributed by atoms with Crippen molar-refractivity contribution in [2.24, 2.45) is 5.92 Å². The van der Waals surface area contributed by atoms with Crippen LogP contribution in [0.1, 0.15) is 18.9 Å². The summed E-state index contributed by atoms with van der Waals surface area (Å²) in [6.07, 6.45) is 0.534. The van der Waals surface area contributed by atoms with Gasteiger partial charge in [-0.3, -0.25) is 4.79 Å². The van der Waals surface area contributed by atoms with Crippen LogP contribution in [0.4, 0.5) is 5.82 Å². The lowest BCUT2D eigenvalue weighted by Gasteiger charge is -2.40. The van der Waals surface area contributed by atoms with Crippen molar-refractivity contribution in [3.63, 3.8) is 0 Å². The van der Waals surface area contributed by atoms with E-state index in [1.807, 2.05) is 37.3 Å². The zero-order valence-corrected chi connectivity index (χ0v) is 15.8. The van der Waals surface area contributed by atoms with Gasteiger partial charge in [-0.05, 0) is 24.6 Å². The van der Waals surface area contributed by atoms with Crippen molar-refractivity contribution >= 4 is 22.6 Å². The van der Waals surface area contributed by atoms with Gasteiger partial charge in [0.25, 0.3) is 0 Å². The molecule has 0 saturated carbocycles. The van der Waals surface area contributed by atoms with Gasteiger partial charge in [0.05, 0.1) is 5.52 Å². The Kier molecular flexibility index (Phi) is 4.75. The number of hydrogen-bond acceptors (Lipinski definition) is 4. The fraction of sp³-hybridized carbons (Fsp3) is 0.318. The Hall–Kier alpha value is -2.95. The van der Waals surface area contributed by atoms with Crippen LogP contribution in [-0.4, -0.2) is 35.5 Å². The number of nitrogens with zero attached hydrogens (tertiary/aromatic N) is 3. The molecule has 5 heteroatoms. The summed E-state index contributed by atoms with van der Waals surface area (Å²) in [5.41, 5.74) is 3.20. The van der Waals surface area contributed by atoms with Crippen molar-refractivity contribution < 1.29 is 4.79 Å². The van der Waals surface area contributed by atoms with Crippen LogP contribution in [0.15, 0.2) is 48.5 Å². The number of fused-ring (bicyclic) bond motifs is 1. The van der Waals surface area contributed by atoms with Gasteiger partial charge in [0.2, 0.25) is 5.91 Å². The van der Waals surface area contributed by atoms with E-state index in [2.05, 4.69) is 35.3 Å². The van der Waals surface area contributed by atoms with E-state index in [1.54, 1.807) is 0 Å². The maximum atomic E-state index is 11.5. The van der Waals surface area contributed by atoms with Gasteiger partial charge in [-0.15, -0.1) is 0 Å². The lowest BCUT2D eigenvalue weighted by atomic mass is 9.99. The molecular weight excluding hydrogens is 336 g/mol. The van der Waals surface area contributed by atoms with Crippen molar-refractivity contribution in [3.05, 3.63) is 54.1 Å². The Labute approximate surface area is 159 Å². The molecule has 2 aromatic carbocycles. The Morgan fingerprint density at radius 2 is 1.85 bits per heavy atom. The van der Waals surface area contributed by atoms with Crippen LogP contribution in [0.3, 0.4) is 0 Å². The highest BCUT2D eigenvalue weighted by Crippen LogP contribution is 2.32. The normalized spacial score (nSPS) is 14.2. The third-order valence-electron chi connectivity index (χ3n) is 5.13. The third kappa shape index (κ3) is 3.50. The molecule has 0 atom stereocenters. The molecule has 0 bridgehead atoms. The summed E-state index contributed by atoms with van der Waals surface area (Å²) in [6.45, 7) is 6.50. The highest BCUT2D eigenvalue weighted by atomic mass is 16.1. The van der Waals surface area contributed by atoms with Crippen LogP contribution in [0, 0.1) is 12.8 Å². The van der Waals surface area contributed by atoms with Crippen LogP contribution in [0.5, 0.6) is 0 Å². The Balaban J connectivity index is 1.63. The number of aromatic nitrogens is 2. The van der Waals surface area contributed by atoms with Crippen molar-refractivity contribution in [2.45, 2.75) is 20.3 Å². The SMILES string of the molecule is CCC(=O)NCC1CN(c2nc(-c3ccccc3C)nc3ccccc23)C1. The summed E-state index contributed by atoms with van der Waals surface area (Å²) in [4.78, 5) is 23.5. The van der Waals surface area contributed by atoms with Gasteiger partial charge in [-0.2, -0.15) is 0 Å². The van der Waals surface area contributed by atoms with E-state index >= 15 is 0 Å². The maximum absolute atomic E-state index is 11.5. The summed E-state index contributed by atoms with van der Waals surface area (Å²) in [7, 11) is 0. The molecule has 3 aromatic rings. The van der Waals surface area contributed by atoms with Gasteiger partial charge in [0.1, 0.15) is 5.82 Å². The molecule has 5 nitrogen and oxygen atoms in total. The van der Waals surface area contributed by atoms with Crippen LogP contribution < -0.4 is 10.2 Å². The zero-order valence-electron chi connectivity index (χ0n) is 15.8. The number of amides is 1. The number of rotatable bonds is 5. The summed E-state index contributed by atoms with van der Waals surface area (Å²) in [6, 6.07) is 16.4. The Bertz CT molecular complexity index is 979. The molecule has 1 aliphatic heterocycles. The number of hydrogen-bond donors (Lipinski definition) is 1. The Morgan fingerprint density at radius 3 is 2.63 bits per heavy atom. The number of nitrogens with one attached hydrogen (secondary N) is 1. The zero-order chi connectivity index (χ0) is 18.8. The quantitative estimate of drug-likeness (QED) is 0.756. The van der Waals surface area contributed by atoms with Gasteiger partial charge in [0, 0.05) is 42.9 Å². The molecule has 1 amide bonds. The highest BCUT2D eigenvalue weighted by molar-refractivity contribution is 5.91. The van der Waals surface area contributed by atoms with Crippen LogP contribution >= 0.6 is 0 Å². The molecule has 0 spiro atoms. The number of carbonyl (C=O) groups excluding carboxylic acids is 1. The van der Waals surface area contributed by atoms with E-state index in [-0.39, 0.29) is 5.91 Å². The van der Waals surface area contributed by atoms with Crippen molar-refractivity contribution in [2.75, 3.05) is 24.5 Å². The molecule has 1 fully saturated rings. The van der Waals surface area contributed by atoms with E-state index in [9.17, 15) is 4.79 Å². The molecule has 0 unspecified atom stereocenters. The first-order valence-corrected chi connectivity index (χ1v) is 9.50. The molecule has 1 N–H and O–H groups in total. The number of para-hydroxylation sites is 1. The minimum atomic E-state index is 0.114. The fourth-order valence-corrected chi connectivity index (χ4v) is 3.50. The second-order valence-electron chi connectivity index (χ2n) is 7.13. The lowest BCUT2D eigenvalue weighted by Crippen LogP contribution is -2.52. The number of anilines is 1. The van der Waals surface area contributed by atoms with Gasteiger partial charge < -0.3 is 10.2 Å². The topological polar surface area (TPSA) is 58.1 Å². The highest BCUT2D eigenvalue weighted by Gasteiger charge is 2.29. The van der Waals surface area contributed by atoms with Gasteiger partial charge >= 0.3 is 0 Å². The predicted molar refractivity (Wildman–Crippen MR) is 109 cm³/mol. The third-order valence-corrected chi connectivity index (χ3v) is 5.13. The smallest absolute Gasteiger partial charge is 0.219 e. The van der Waals surface area contributed by atoms with E-state index in [4.69, 9.17) is 9.97 Å². The van der Waals surface area contributed by atoms with Crippen LogP contribution in [0.25, 0.3) is 22.3 Å². The van der Waals surface area contributed by atoms with Gasteiger partial charge in [-0.1, -0.05) is 43.3 Å². The standard InChI is InChI=1S/C22H24N4O/c1-3-20(27)23-12-16-13-26(14-16)22-18-10-6-7-11-19(18)24-21(25-22)17-9-5-4-8-15(17)2/h4-11,16H,3,12-14H2,1-2H3,(H,23,27). The van der Waals surface area contributed by atoms with E-state index in [0.29, 0.717) is 12.3 Å². The molecule has 0 radical (unpaired) electrons.